The average Bonchev–Trinajstić information content (AvgIpc) is 2.83. The van der Waals surface area contributed by atoms with Gasteiger partial charge in [0.05, 0.1) is 12.2 Å². The van der Waals surface area contributed by atoms with Crippen LogP contribution in [0, 0.1) is 13.8 Å². The van der Waals surface area contributed by atoms with Gasteiger partial charge < -0.3 is 15.1 Å². The SMILES string of the molecule is Cc1nc(C)c(CN2C(=O)NC3(CCNCC3)C2=O)o1. The highest BCUT2D eigenvalue weighted by Crippen LogP contribution is 2.28. The molecule has 0 saturated carbocycles. The molecular weight excluding hydrogens is 260 g/mol. The van der Waals surface area contributed by atoms with Crippen molar-refractivity contribution in [2.75, 3.05) is 13.1 Å². The van der Waals surface area contributed by atoms with Gasteiger partial charge in [-0.15, -0.1) is 0 Å². The molecule has 2 aliphatic rings. The van der Waals surface area contributed by atoms with Crippen molar-refractivity contribution >= 4 is 11.9 Å². The Morgan fingerprint density at radius 1 is 1.30 bits per heavy atom. The summed E-state index contributed by atoms with van der Waals surface area (Å²) in [5.74, 6) is 0.954. The van der Waals surface area contributed by atoms with E-state index in [2.05, 4.69) is 15.6 Å². The van der Waals surface area contributed by atoms with Crippen molar-refractivity contribution in [3.8, 4) is 0 Å². The van der Waals surface area contributed by atoms with E-state index in [0.29, 0.717) is 24.5 Å². The van der Waals surface area contributed by atoms with Crippen LogP contribution in [0.3, 0.4) is 0 Å². The molecular formula is C13H18N4O3. The van der Waals surface area contributed by atoms with Gasteiger partial charge in [0.1, 0.15) is 11.3 Å². The molecule has 20 heavy (non-hydrogen) atoms. The molecule has 1 spiro atoms. The highest BCUT2D eigenvalue weighted by atomic mass is 16.4. The Hall–Kier alpha value is -1.89. The maximum absolute atomic E-state index is 12.6. The zero-order valence-corrected chi connectivity index (χ0v) is 11.7. The minimum atomic E-state index is -0.731. The van der Waals surface area contributed by atoms with Gasteiger partial charge in [-0.1, -0.05) is 0 Å². The lowest BCUT2D eigenvalue weighted by Gasteiger charge is -2.30. The summed E-state index contributed by atoms with van der Waals surface area (Å²) in [6, 6.07) is -0.342. The fourth-order valence-corrected chi connectivity index (χ4v) is 2.88. The molecule has 0 aliphatic carbocycles. The summed E-state index contributed by atoms with van der Waals surface area (Å²) in [6.45, 7) is 5.17. The number of aromatic nitrogens is 1. The quantitative estimate of drug-likeness (QED) is 0.768. The van der Waals surface area contributed by atoms with Crippen LogP contribution in [0.1, 0.15) is 30.2 Å². The molecule has 2 N–H and O–H groups in total. The van der Waals surface area contributed by atoms with Gasteiger partial charge in [0.15, 0.2) is 5.89 Å². The number of rotatable bonds is 2. The highest BCUT2D eigenvalue weighted by Gasteiger charge is 2.51. The summed E-state index contributed by atoms with van der Waals surface area (Å²) in [5.41, 5.74) is -0.0138. The van der Waals surface area contributed by atoms with E-state index in [1.807, 2.05) is 6.92 Å². The van der Waals surface area contributed by atoms with Crippen LogP contribution in [-0.4, -0.2) is 40.5 Å². The van der Waals surface area contributed by atoms with E-state index in [1.165, 1.54) is 4.90 Å². The summed E-state index contributed by atoms with van der Waals surface area (Å²) in [6.07, 6.45) is 1.25. The Bertz CT molecular complexity index is 560. The van der Waals surface area contributed by atoms with E-state index in [0.717, 1.165) is 18.8 Å². The lowest BCUT2D eigenvalue weighted by atomic mass is 9.88. The van der Waals surface area contributed by atoms with Crippen LogP contribution in [0.4, 0.5) is 4.79 Å². The van der Waals surface area contributed by atoms with Crippen molar-refractivity contribution in [2.24, 2.45) is 0 Å². The van der Waals surface area contributed by atoms with Gasteiger partial charge in [0.25, 0.3) is 5.91 Å². The van der Waals surface area contributed by atoms with Crippen molar-refractivity contribution in [1.29, 1.82) is 0 Å². The molecule has 7 nitrogen and oxygen atoms in total. The molecule has 108 valence electrons. The monoisotopic (exact) mass is 278 g/mol. The van der Waals surface area contributed by atoms with Gasteiger partial charge >= 0.3 is 6.03 Å². The van der Waals surface area contributed by atoms with Gasteiger partial charge in [0, 0.05) is 6.92 Å². The lowest BCUT2D eigenvalue weighted by molar-refractivity contribution is -0.132. The Morgan fingerprint density at radius 2 is 2.00 bits per heavy atom. The molecule has 1 aromatic rings. The first-order valence-electron chi connectivity index (χ1n) is 6.79. The van der Waals surface area contributed by atoms with Gasteiger partial charge in [-0.3, -0.25) is 9.69 Å². The zero-order valence-electron chi connectivity index (χ0n) is 11.7. The molecule has 2 saturated heterocycles. The molecule has 0 atom stereocenters. The Labute approximate surface area is 116 Å². The number of amides is 3. The summed E-state index contributed by atoms with van der Waals surface area (Å²) in [5, 5.41) is 6.05. The molecule has 2 fully saturated rings. The number of hydrogen-bond acceptors (Lipinski definition) is 5. The number of piperidine rings is 1. The number of imide groups is 1. The number of carbonyl (C=O) groups is 2. The Balaban J connectivity index is 1.82. The van der Waals surface area contributed by atoms with Gasteiger partial charge in [-0.25, -0.2) is 9.78 Å². The van der Waals surface area contributed by atoms with Crippen molar-refractivity contribution in [1.82, 2.24) is 20.5 Å². The molecule has 0 unspecified atom stereocenters. The second-order valence-corrected chi connectivity index (χ2v) is 5.40. The van der Waals surface area contributed by atoms with Gasteiger partial charge in [-0.2, -0.15) is 0 Å². The highest BCUT2D eigenvalue weighted by molar-refractivity contribution is 6.07. The number of nitrogens with one attached hydrogen (secondary N) is 2. The predicted molar refractivity (Wildman–Crippen MR) is 69.9 cm³/mol. The molecule has 1 aromatic heterocycles. The fourth-order valence-electron chi connectivity index (χ4n) is 2.88. The van der Waals surface area contributed by atoms with E-state index in [1.54, 1.807) is 6.92 Å². The van der Waals surface area contributed by atoms with Crippen molar-refractivity contribution in [2.45, 2.75) is 38.8 Å². The summed E-state index contributed by atoms with van der Waals surface area (Å²) in [7, 11) is 0. The molecule has 3 amide bonds. The van der Waals surface area contributed by atoms with Gasteiger partial charge in [0.2, 0.25) is 0 Å². The predicted octanol–water partition coefficient (Wildman–Crippen LogP) is 0.465. The number of urea groups is 1. The summed E-state index contributed by atoms with van der Waals surface area (Å²) < 4.78 is 5.45. The van der Waals surface area contributed by atoms with E-state index in [4.69, 9.17) is 4.42 Å². The maximum Gasteiger partial charge on any atom is 0.325 e. The van der Waals surface area contributed by atoms with Crippen LogP contribution >= 0.6 is 0 Å². The van der Waals surface area contributed by atoms with Crippen molar-refractivity contribution in [3.63, 3.8) is 0 Å². The van der Waals surface area contributed by atoms with E-state index < -0.39 is 5.54 Å². The van der Waals surface area contributed by atoms with Crippen molar-refractivity contribution in [3.05, 3.63) is 17.3 Å². The minimum Gasteiger partial charge on any atom is -0.444 e. The molecule has 3 rings (SSSR count). The third kappa shape index (κ3) is 1.98. The average molecular weight is 278 g/mol. The third-order valence-corrected chi connectivity index (χ3v) is 4.00. The Kier molecular flexibility index (Phi) is 3.01. The lowest BCUT2D eigenvalue weighted by Crippen LogP contribution is -2.53. The summed E-state index contributed by atoms with van der Waals surface area (Å²) in [4.78, 5) is 30.1. The van der Waals surface area contributed by atoms with Crippen LogP contribution in [-0.2, 0) is 11.3 Å². The van der Waals surface area contributed by atoms with Crippen LogP contribution in [0.5, 0.6) is 0 Å². The van der Waals surface area contributed by atoms with Crippen molar-refractivity contribution < 1.29 is 14.0 Å². The molecule has 7 heteroatoms. The smallest absolute Gasteiger partial charge is 0.325 e. The topological polar surface area (TPSA) is 87.5 Å². The largest absolute Gasteiger partial charge is 0.444 e. The number of carbonyl (C=O) groups excluding carboxylic acids is 2. The first-order chi connectivity index (χ1) is 9.52. The zero-order chi connectivity index (χ0) is 14.3. The normalized spacial score (nSPS) is 21.6. The first kappa shape index (κ1) is 13.1. The molecule has 2 aliphatic heterocycles. The third-order valence-electron chi connectivity index (χ3n) is 4.00. The van der Waals surface area contributed by atoms with Crippen LogP contribution < -0.4 is 10.6 Å². The number of oxazole rings is 1. The minimum absolute atomic E-state index is 0.145. The van der Waals surface area contributed by atoms with E-state index in [-0.39, 0.29) is 18.5 Å². The number of hydrogen-bond donors (Lipinski definition) is 2. The number of nitrogens with zero attached hydrogens (tertiary/aromatic N) is 2. The number of aryl methyl sites for hydroxylation is 2. The molecule has 0 aromatic carbocycles. The van der Waals surface area contributed by atoms with Crippen LogP contribution in [0.25, 0.3) is 0 Å². The van der Waals surface area contributed by atoms with Crippen LogP contribution in [0.2, 0.25) is 0 Å². The van der Waals surface area contributed by atoms with Gasteiger partial charge in [-0.05, 0) is 32.9 Å². The fraction of sp³-hybridized carbons (Fsp3) is 0.615. The molecule has 0 radical (unpaired) electrons. The Morgan fingerprint density at radius 3 is 2.60 bits per heavy atom. The van der Waals surface area contributed by atoms with E-state index in [9.17, 15) is 9.59 Å². The second kappa shape index (κ2) is 4.59. The molecule has 3 heterocycles. The first-order valence-corrected chi connectivity index (χ1v) is 6.79. The molecule has 0 bridgehead atoms. The maximum atomic E-state index is 12.6. The standard InChI is InChI=1S/C13H18N4O3/c1-8-10(20-9(2)15-8)7-17-11(18)13(16-12(17)19)3-5-14-6-4-13/h14H,3-7H2,1-2H3,(H,16,19). The second-order valence-electron chi connectivity index (χ2n) is 5.40. The van der Waals surface area contributed by atoms with Crippen LogP contribution in [0.15, 0.2) is 4.42 Å². The summed E-state index contributed by atoms with van der Waals surface area (Å²) >= 11 is 0. The van der Waals surface area contributed by atoms with E-state index >= 15 is 0 Å².